The monoisotopic (exact) mass is 887 g/mol. The van der Waals surface area contributed by atoms with Crippen LogP contribution in [-0.4, -0.2) is 13.2 Å². The molecular weight excluding hydrogens is 809 g/mol. The topological polar surface area (TPSA) is 67.9 Å². The van der Waals surface area contributed by atoms with Gasteiger partial charge in [-0.1, -0.05) is 216 Å². The van der Waals surface area contributed by atoms with Crippen molar-refractivity contribution in [3.63, 3.8) is 0 Å². The zero-order chi connectivity index (χ0) is 45.7. The lowest BCUT2D eigenvalue weighted by molar-refractivity contribution is 0.304. The second kappa shape index (κ2) is 30.0. The van der Waals surface area contributed by atoms with Gasteiger partial charge in [-0.15, -0.1) is 10.2 Å². The van der Waals surface area contributed by atoms with Crippen molar-refractivity contribution in [2.24, 2.45) is 20.5 Å². The molecule has 0 aliphatic rings. The SMILES string of the molecule is CCCCCCCCCCCCCCOc1ccc(N=Nc2ccc3ccccc3c2-c2c(N=Nc3ccc(OCCCCCCCCCCCCCC)cc3)ccc3ccccc23)cc1. The molecule has 6 heteroatoms. The maximum Gasteiger partial charge on any atom is 0.119 e. The van der Waals surface area contributed by atoms with Crippen molar-refractivity contribution >= 4 is 44.3 Å². The van der Waals surface area contributed by atoms with Gasteiger partial charge in [-0.25, -0.2) is 0 Å². The van der Waals surface area contributed by atoms with Gasteiger partial charge in [-0.2, -0.15) is 10.2 Å². The van der Waals surface area contributed by atoms with Crippen molar-refractivity contribution in [3.05, 3.63) is 121 Å². The van der Waals surface area contributed by atoms with E-state index < -0.39 is 0 Å². The van der Waals surface area contributed by atoms with Gasteiger partial charge in [0.25, 0.3) is 0 Å². The summed E-state index contributed by atoms with van der Waals surface area (Å²) in [5, 5.41) is 23.7. The maximum atomic E-state index is 6.11. The molecule has 6 nitrogen and oxygen atoms in total. The Hall–Kier alpha value is -5.36. The van der Waals surface area contributed by atoms with Crippen molar-refractivity contribution in [3.8, 4) is 22.6 Å². The zero-order valence-electron chi connectivity index (χ0n) is 40.5. The number of rotatable bonds is 33. The lowest BCUT2D eigenvalue weighted by Gasteiger charge is -2.15. The Morgan fingerprint density at radius 1 is 0.303 bits per heavy atom. The first-order valence-corrected chi connectivity index (χ1v) is 26.1. The predicted octanol–water partition coefficient (Wildman–Crippen LogP) is 20.7. The number of azo groups is 2. The molecule has 0 heterocycles. The molecular formula is C60H78N4O2. The molecule has 0 bridgehead atoms. The fourth-order valence-electron chi connectivity index (χ4n) is 8.92. The van der Waals surface area contributed by atoms with E-state index in [0.29, 0.717) is 0 Å². The van der Waals surface area contributed by atoms with Gasteiger partial charge in [0.15, 0.2) is 0 Å². The average molecular weight is 887 g/mol. The van der Waals surface area contributed by atoms with Gasteiger partial charge < -0.3 is 9.47 Å². The molecule has 0 N–H and O–H groups in total. The van der Waals surface area contributed by atoms with Crippen LogP contribution in [0.1, 0.15) is 168 Å². The van der Waals surface area contributed by atoms with E-state index in [4.69, 9.17) is 29.9 Å². The molecule has 0 aliphatic heterocycles. The third-order valence-electron chi connectivity index (χ3n) is 12.8. The molecule has 0 unspecified atom stereocenters. The quantitative estimate of drug-likeness (QED) is 0.0305. The van der Waals surface area contributed by atoms with Crippen LogP contribution in [0.15, 0.2) is 142 Å². The van der Waals surface area contributed by atoms with Crippen LogP contribution < -0.4 is 9.47 Å². The fourth-order valence-corrected chi connectivity index (χ4v) is 8.92. The van der Waals surface area contributed by atoms with E-state index in [2.05, 4.69) is 86.6 Å². The molecule has 350 valence electrons. The van der Waals surface area contributed by atoms with Crippen LogP contribution in [0.25, 0.3) is 32.7 Å². The zero-order valence-corrected chi connectivity index (χ0v) is 40.5. The number of unbranched alkanes of at least 4 members (excludes halogenated alkanes) is 22. The Morgan fingerprint density at radius 2 is 0.621 bits per heavy atom. The molecule has 0 spiro atoms. The highest BCUT2D eigenvalue weighted by molar-refractivity contribution is 6.12. The standard InChI is InChI=1S/C60H78N4O2/c1-3-5-7-9-11-13-15-17-19-21-23-29-47-65-53-41-37-51(38-42-53)61-63-57-45-35-49-31-25-27-33-55(49)59(57)60-56-34-28-26-32-50(56)36-46-58(60)64-62-52-39-43-54(44-40-52)66-48-30-24-22-20-18-16-14-12-10-8-6-4-2/h25-28,31-46H,3-24,29-30,47-48H2,1-2H3. The second-order valence-electron chi connectivity index (χ2n) is 18.2. The molecule has 0 saturated heterocycles. The van der Waals surface area contributed by atoms with Gasteiger partial charge in [0.05, 0.1) is 36.0 Å². The highest BCUT2D eigenvalue weighted by Gasteiger charge is 2.18. The van der Waals surface area contributed by atoms with Crippen molar-refractivity contribution in [2.45, 2.75) is 168 Å². The third kappa shape index (κ3) is 17.1. The molecule has 6 aromatic rings. The molecule has 0 aromatic heterocycles. The predicted molar refractivity (Wildman–Crippen MR) is 281 cm³/mol. The highest BCUT2D eigenvalue weighted by Crippen LogP contribution is 2.46. The number of hydrogen-bond acceptors (Lipinski definition) is 6. The maximum absolute atomic E-state index is 6.11. The molecule has 0 atom stereocenters. The van der Waals surface area contributed by atoms with Gasteiger partial charge >= 0.3 is 0 Å². The van der Waals surface area contributed by atoms with E-state index in [1.807, 2.05) is 48.5 Å². The molecule has 0 aliphatic carbocycles. The van der Waals surface area contributed by atoms with E-state index in [1.54, 1.807) is 0 Å². The molecule has 0 radical (unpaired) electrons. The summed E-state index contributed by atoms with van der Waals surface area (Å²) in [6.45, 7) is 6.05. The summed E-state index contributed by atoms with van der Waals surface area (Å²) in [7, 11) is 0. The Balaban J connectivity index is 1.04. The normalized spacial score (nSPS) is 11.7. The van der Waals surface area contributed by atoms with Crippen molar-refractivity contribution in [1.29, 1.82) is 0 Å². The van der Waals surface area contributed by atoms with E-state index >= 15 is 0 Å². The molecule has 0 saturated carbocycles. The summed E-state index contributed by atoms with van der Waals surface area (Å²) in [5.41, 5.74) is 5.03. The summed E-state index contributed by atoms with van der Waals surface area (Å²) in [5.74, 6) is 1.73. The Labute approximate surface area is 397 Å². The second-order valence-corrected chi connectivity index (χ2v) is 18.2. The molecule has 0 fully saturated rings. The number of ether oxygens (including phenoxy) is 2. The van der Waals surface area contributed by atoms with E-state index in [-0.39, 0.29) is 0 Å². The lowest BCUT2D eigenvalue weighted by atomic mass is 9.91. The Bertz CT molecular complexity index is 2150. The smallest absolute Gasteiger partial charge is 0.119 e. The van der Waals surface area contributed by atoms with Crippen molar-refractivity contribution in [1.82, 2.24) is 0 Å². The van der Waals surface area contributed by atoms with Crippen LogP contribution >= 0.6 is 0 Å². The van der Waals surface area contributed by atoms with Crippen LogP contribution in [0, 0.1) is 0 Å². The van der Waals surface area contributed by atoms with Gasteiger partial charge in [-0.3, -0.25) is 0 Å². The van der Waals surface area contributed by atoms with Crippen molar-refractivity contribution < 1.29 is 9.47 Å². The van der Waals surface area contributed by atoms with E-state index in [9.17, 15) is 0 Å². The summed E-state index contributed by atoms with van der Waals surface area (Å²) < 4.78 is 12.2. The fraction of sp³-hybridized carbons (Fsp3) is 0.467. The van der Waals surface area contributed by atoms with Gasteiger partial charge in [-0.05, 0) is 95.1 Å². The minimum absolute atomic E-state index is 0.739. The largest absolute Gasteiger partial charge is 0.494 e. The van der Waals surface area contributed by atoms with Crippen LogP contribution in [0.4, 0.5) is 22.7 Å². The molecule has 6 aromatic carbocycles. The van der Waals surface area contributed by atoms with Gasteiger partial charge in [0.2, 0.25) is 0 Å². The first kappa shape index (κ1) is 50.1. The van der Waals surface area contributed by atoms with Crippen LogP contribution in [-0.2, 0) is 0 Å². The Morgan fingerprint density at radius 3 is 0.970 bits per heavy atom. The van der Waals surface area contributed by atoms with Crippen LogP contribution in [0.2, 0.25) is 0 Å². The third-order valence-corrected chi connectivity index (χ3v) is 12.8. The van der Waals surface area contributed by atoms with Crippen molar-refractivity contribution in [2.75, 3.05) is 13.2 Å². The summed E-state index contributed by atoms with van der Waals surface area (Å²) in [6, 6.07) is 41.2. The van der Waals surface area contributed by atoms with E-state index in [0.717, 1.165) is 93.0 Å². The first-order chi connectivity index (χ1) is 32.7. The molecule has 0 amide bonds. The molecule has 66 heavy (non-hydrogen) atoms. The summed E-state index contributed by atoms with van der Waals surface area (Å²) in [4.78, 5) is 0. The number of benzene rings is 6. The van der Waals surface area contributed by atoms with Crippen LogP contribution in [0.3, 0.4) is 0 Å². The number of hydrogen-bond donors (Lipinski definition) is 0. The minimum atomic E-state index is 0.739. The molecule has 6 rings (SSSR count). The first-order valence-electron chi connectivity index (χ1n) is 26.1. The average Bonchev–Trinajstić information content (AvgIpc) is 3.36. The summed E-state index contributed by atoms with van der Waals surface area (Å²) in [6.07, 6.45) is 32.1. The minimum Gasteiger partial charge on any atom is -0.494 e. The number of fused-ring (bicyclic) bond motifs is 2. The van der Waals surface area contributed by atoms with E-state index in [1.165, 1.54) is 141 Å². The lowest BCUT2D eigenvalue weighted by Crippen LogP contribution is -1.96. The Kier molecular flexibility index (Phi) is 22.8. The number of nitrogens with zero attached hydrogens (tertiary/aromatic N) is 4. The summed E-state index contributed by atoms with van der Waals surface area (Å²) >= 11 is 0. The van der Waals surface area contributed by atoms with Gasteiger partial charge in [0.1, 0.15) is 11.5 Å². The van der Waals surface area contributed by atoms with Crippen LogP contribution in [0.5, 0.6) is 11.5 Å². The van der Waals surface area contributed by atoms with Gasteiger partial charge in [0, 0.05) is 11.1 Å². The highest BCUT2D eigenvalue weighted by atomic mass is 16.5.